The number of imidazole rings is 1. The lowest BCUT2D eigenvalue weighted by molar-refractivity contribution is 0.177. The number of rotatable bonds is 3. The zero-order valence-electron chi connectivity index (χ0n) is 6.87. The predicted molar refractivity (Wildman–Crippen MR) is 46.9 cm³/mol. The van der Waals surface area contributed by atoms with Gasteiger partial charge in [0.2, 0.25) is 0 Å². The second-order valence-corrected chi connectivity index (χ2v) is 2.82. The van der Waals surface area contributed by atoms with Gasteiger partial charge in [0.1, 0.15) is 6.10 Å². The van der Waals surface area contributed by atoms with Gasteiger partial charge in [-0.15, -0.1) is 0 Å². The maximum absolute atomic E-state index is 9.44. The summed E-state index contributed by atoms with van der Waals surface area (Å²) in [5, 5.41) is 9.77. The van der Waals surface area contributed by atoms with E-state index >= 15 is 0 Å². The molecule has 1 aromatic rings. The van der Waals surface area contributed by atoms with Gasteiger partial charge >= 0.3 is 0 Å². The van der Waals surface area contributed by atoms with E-state index in [2.05, 4.69) is 4.98 Å². The fourth-order valence-electron chi connectivity index (χ4n) is 1.06. The van der Waals surface area contributed by atoms with Crippen molar-refractivity contribution in [3.05, 3.63) is 17.2 Å². The van der Waals surface area contributed by atoms with Crippen LogP contribution >= 0.6 is 11.6 Å². The predicted octanol–water partition coefficient (Wildman–Crippen LogP) is 0.548. The summed E-state index contributed by atoms with van der Waals surface area (Å²) in [5.74, 6) is 0. The second kappa shape index (κ2) is 3.89. The summed E-state index contributed by atoms with van der Waals surface area (Å²) in [6, 6.07) is 0. The molecule has 0 spiro atoms. The van der Waals surface area contributed by atoms with E-state index in [1.807, 2.05) is 6.92 Å². The smallest absolute Gasteiger partial charge is 0.152 e. The molecule has 12 heavy (non-hydrogen) atoms. The number of aryl methyl sites for hydroxylation is 1. The van der Waals surface area contributed by atoms with E-state index in [1.165, 1.54) is 0 Å². The van der Waals surface area contributed by atoms with Gasteiger partial charge in [0.05, 0.1) is 12.0 Å². The van der Waals surface area contributed by atoms with E-state index in [1.54, 1.807) is 10.9 Å². The number of nitrogens with zero attached hydrogens (tertiary/aromatic N) is 2. The summed E-state index contributed by atoms with van der Waals surface area (Å²) in [6.07, 6.45) is 0.872. The third-order valence-corrected chi connectivity index (χ3v) is 2.00. The third kappa shape index (κ3) is 1.60. The van der Waals surface area contributed by atoms with E-state index in [4.69, 9.17) is 17.3 Å². The van der Waals surface area contributed by atoms with Crippen LogP contribution in [-0.2, 0) is 6.54 Å². The summed E-state index contributed by atoms with van der Waals surface area (Å²) < 4.78 is 1.78. The molecule has 0 amide bonds. The molecule has 3 N–H and O–H groups in total. The van der Waals surface area contributed by atoms with Crippen molar-refractivity contribution in [3.63, 3.8) is 0 Å². The van der Waals surface area contributed by atoms with Gasteiger partial charge in [-0.3, -0.25) is 0 Å². The zero-order chi connectivity index (χ0) is 9.14. The van der Waals surface area contributed by atoms with Gasteiger partial charge in [0, 0.05) is 13.1 Å². The first-order valence-corrected chi connectivity index (χ1v) is 4.17. The molecule has 0 fully saturated rings. The minimum Gasteiger partial charge on any atom is -0.385 e. The molecule has 1 aromatic heterocycles. The molecule has 0 aliphatic carbocycles. The Labute approximate surface area is 76.0 Å². The number of aliphatic hydroxyl groups excluding tert-OH is 1. The van der Waals surface area contributed by atoms with E-state index < -0.39 is 6.10 Å². The molecule has 1 atom stereocenters. The maximum atomic E-state index is 9.44. The van der Waals surface area contributed by atoms with Gasteiger partial charge in [-0.2, -0.15) is 0 Å². The van der Waals surface area contributed by atoms with Crippen LogP contribution in [0.5, 0.6) is 0 Å². The zero-order valence-corrected chi connectivity index (χ0v) is 7.62. The number of hydrogen-bond donors (Lipinski definition) is 2. The molecule has 0 aliphatic rings. The maximum Gasteiger partial charge on any atom is 0.152 e. The van der Waals surface area contributed by atoms with Crippen molar-refractivity contribution >= 4 is 11.6 Å². The Bertz CT molecular complexity index is 261. The van der Waals surface area contributed by atoms with Crippen LogP contribution in [0, 0.1) is 0 Å². The van der Waals surface area contributed by atoms with Gasteiger partial charge in [-0.05, 0) is 6.92 Å². The van der Waals surface area contributed by atoms with Crippen molar-refractivity contribution in [2.24, 2.45) is 5.73 Å². The second-order valence-electron chi connectivity index (χ2n) is 2.46. The van der Waals surface area contributed by atoms with Gasteiger partial charge < -0.3 is 15.4 Å². The number of aliphatic hydroxyl groups is 1. The highest BCUT2D eigenvalue weighted by Gasteiger charge is 2.15. The van der Waals surface area contributed by atoms with Crippen LogP contribution in [-0.4, -0.2) is 21.2 Å². The van der Waals surface area contributed by atoms with Crippen LogP contribution in [0.3, 0.4) is 0 Å². The van der Waals surface area contributed by atoms with Gasteiger partial charge in [-0.25, -0.2) is 4.98 Å². The molecule has 0 bridgehead atoms. The molecule has 5 heteroatoms. The lowest BCUT2D eigenvalue weighted by Gasteiger charge is -2.10. The molecular weight excluding hydrogens is 178 g/mol. The van der Waals surface area contributed by atoms with E-state index in [-0.39, 0.29) is 6.54 Å². The standard InChI is InChI=1S/C7H12ClN3O/c1-2-11-4-10-7(8)6(11)5(12)3-9/h4-5,12H,2-3,9H2,1H3/t5-/m1/s1. The largest absolute Gasteiger partial charge is 0.385 e. The van der Waals surface area contributed by atoms with Crippen molar-refractivity contribution in [3.8, 4) is 0 Å². The topological polar surface area (TPSA) is 64.1 Å². The quantitative estimate of drug-likeness (QED) is 0.730. The fraction of sp³-hybridized carbons (Fsp3) is 0.571. The highest BCUT2D eigenvalue weighted by atomic mass is 35.5. The molecule has 1 rings (SSSR count). The molecular formula is C7H12ClN3O. The highest BCUT2D eigenvalue weighted by molar-refractivity contribution is 6.30. The Kier molecular flexibility index (Phi) is 3.08. The van der Waals surface area contributed by atoms with E-state index in [0.29, 0.717) is 10.8 Å². The fourth-order valence-corrected chi connectivity index (χ4v) is 1.34. The Morgan fingerprint density at radius 3 is 3.00 bits per heavy atom. The first kappa shape index (κ1) is 9.51. The van der Waals surface area contributed by atoms with Crippen molar-refractivity contribution in [2.75, 3.05) is 6.54 Å². The van der Waals surface area contributed by atoms with Crippen LogP contribution in [0.2, 0.25) is 5.15 Å². The van der Waals surface area contributed by atoms with Crippen molar-refractivity contribution < 1.29 is 5.11 Å². The van der Waals surface area contributed by atoms with Crippen LogP contribution in [0.1, 0.15) is 18.7 Å². The third-order valence-electron chi connectivity index (χ3n) is 1.71. The van der Waals surface area contributed by atoms with E-state index in [0.717, 1.165) is 6.54 Å². The Hall–Kier alpha value is -0.580. The normalized spacial score (nSPS) is 13.3. The van der Waals surface area contributed by atoms with Gasteiger partial charge in [-0.1, -0.05) is 11.6 Å². The highest BCUT2D eigenvalue weighted by Crippen LogP contribution is 2.20. The average Bonchev–Trinajstić information content (AvgIpc) is 2.45. The first-order valence-electron chi connectivity index (χ1n) is 3.79. The SMILES string of the molecule is CCn1cnc(Cl)c1[C@H](O)CN. The summed E-state index contributed by atoms with van der Waals surface area (Å²) in [7, 11) is 0. The van der Waals surface area contributed by atoms with Gasteiger partial charge in [0.25, 0.3) is 0 Å². The first-order chi connectivity index (χ1) is 5.70. The van der Waals surface area contributed by atoms with Crippen molar-refractivity contribution in [2.45, 2.75) is 19.6 Å². The summed E-state index contributed by atoms with van der Waals surface area (Å²) in [4.78, 5) is 3.87. The van der Waals surface area contributed by atoms with Crippen LogP contribution in [0.4, 0.5) is 0 Å². The number of nitrogens with two attached hydrogens (primary N) is 1. The number of hydrogen-bond acceptors (Lipinski definition) is 3. The van der Waals surface area contributed by atoms with Crippen LogP contribution < -0.4 is 5.73 Å². The van der Waals surface area contributed by atoms with Gasteiger partial charge in [0.15, 0.2) is 5.15 Å². The number of halogens is 1. The molecule has 0 radical (unpaired) electrons. The molecule has 1 heterocycles. The molecule has 0 saturated heterocycles. The Balaban J connectivity index is 3.01. The average molecular weight is 190 g/mol. The van der Waals surface area contributed by atoms with Crippen LogP contribution in [0.15, 0.2) is 6.33 Å². The molecule has 0 unspecified atom stereocenters. The van der Waals surface area contributed by atoms with Crippen molar-refractivity contribution in [1.29, 1.82) is 0 Å². The minimum absolute atomic E-state index is 0.158. The summed E-state index contributed by atoms with van der Waals surface area (Å²) in [6.45, 7) is 2.84. The molecule has 0 aromatic carbocycles. The lowest BCUT2D eigenvalue weighted by atomic mass is 10.3. The molecule has 0 saturated carbocycles. The Morgan fingerprint density at radius 2 is 2.50 bits per heavy atom. The molecule has 4 nitrogen and oxygen atoms in total. The summed E-state index contributed by atoms with van der Waals surface area (Å²) >= 11 is 5.75. The number of aromatic nitrogens is 2. The minimum atomic E-state index is -0.722. The van der Waals surface area contributed by atoms with Crippen molar-refractivity contribution in [1.82, 2.24) is 9.55 Å². The molecule has 68 valence electrons. The monoisotopic (exact) mass is 189 g/mol. The lowest BCUT2D eigenvalue weighted by Crippen LogP contribution is -2.15. The summed E-state index contributed by atoms with van der Waals surface area (Å²) in [5.41, 5.74) is 5.90. The molecule has 0 aliphatic heterocycles. The van der Waals surface area contributed by atoms with Crippen LogP contribution in [0.25, 0.3) is 0 Å². The van der Waals surface area contributed by atoms with E-state index in [9.17, 15) is 5.11 Å². The Morgan fingerprint density at radius 1 is 1.83 bits per heavy atom.